The second kappa shape index (κ2) is 8.89. The third-order valence-corrected chi connectivity index (χ3v) is 5.46. The predicted molar refractivity (Wildman–Crippen MR) is 106 cm³/mol. The van der Waals surface area contributed by atoms with Crippen LogP contribution in [0.2, 0.25) is 0 Å². The number of carbonyl (C=O) groups excluding carboxylic acids is 1. The molecule has 7 nitrogen and oxygen atoms in total. The normalized spacial score (nSPS) is 15.2. The van der Waals surface area contributed by atoms with Crippen LogP contribution in [0.1, 0.15) is 53.1 Å². The Balaban J connectivity index is 1.74. The zero-order valence-electron chi connectivity index (χ0n) is 18.0. The summed E-state index contributed by atoms with van der Waals surface area (Å²) in [5.41, 5.74) is -3.93. The smallest absolute Gasteiger partial charge is 0.328 e. The van der Waals surface area contributed by atoms with Crippen LogP contribution >= 0.6 is 0 Å². The first-order chi connectivity index (χ1) is 16.3. The quantitative estimate of drug-likeness (QED) is 0.451. The highest BCUT2D eigenvalue weighted by atomic mass is 19.4. The highest BCUT2D eigenvalue weighted by molar-refractivity contribution is 5.95. The Bertz CT molecular complexity index is 1190. The largest absolute Gasteiger partial charge is 0.416 e. The average molecular weight is 502 g/mol. The molecule has 1 amide bonds. The lowest BCUT2D eigenvalue weighted by Crippen LogP contribution is -2.37. The Morgan fingerprint density at radius 3 is 2.11 bits per heavy atom. The molecular weight excluding hydrogens is 485 g/mol. The maximum Gasteiger partial charge on any atom is 0.416 e. The third-order valence-electron chi connectivity index (χ3n) is 5.46. The summed E-state index contributed by atoms with van der Waals surface area (Å²) in [7, 11) is 0. The van der Waals surface area contributed by atoms with Gasteiger partial charge in [-0.3, -0.25) is 4.79 Å². The van der Waals surface area contributed by atoms with Crippen molar-refractivity contribution in [3.05, 3.63) is 65.3 Å². The molecule has 4 rings (SSSR count). The van der Waals surface area contributed by atoms with Gasteiger partial charge in [0.15, 0.2) is 11.6 Å². The first-order valence-corrected chi connectivity index (χ1v) is 10.3. The molecule has 0 saturated heterocycles. The summed E-state index contributed by atoms with van der Waals surface area (Å²) in [6.45, 7) is 1.58. The lowest BCUT2D eigenvalue weighted by molar-refractivity contribution is -0.143. The van der Waals surface area contributed by atoms with Crippen LogP contribution in [0.3, 0.4) is 0 Å². The summed E-state index contributed by atoms with van der Waals surface area (Å²) in [6.07, 6.45) is -5.81. The van der Waals surface area contributed by atoms with Crippen molar-refractivity contribution in [2.75, 3.05) is 6.54 Å². The fourth-order valence-corrected chi connectivity index (χ4v) is 3.48. The lowest BCUT2D eigenvalue weighted by Gasteiger charge is -2.29. The first-order valence-electron chi connectivity index (χ1n) is 10.3. The summed E-state index contributed by atoms with van der Waals surface area (Å²) in [5.74, 6) is -1.70. The molecule has 1 atom stereocenters. The number of rotatable bonds is 6. The molecule has 2 heterocycles. The van der Waals surface area contributed by atoms with Gasteiger partial charge in [0.05, 0.1) is 29.6 Å². The zero-order valence-corrected chi connectivity index (χ0v) is 18.0. The van der Waals surface area contributed by atoms with Crippen LogP contribution in [0.4, 0.5) is 30.7 Å². The maximum absolute atomic E-state index is 13.3. The van der Waals surface area contributed by atoms with Gasteiger partial charge in [0.2, 0.25) is 0 Å². The van der Waals surface area contributed by atoms with E-state index in [4.69, 9.17) is 0 Å². The Morgan fingerprint density at radius 1 is 1.03 bits per heavy atom. The van der Waals surface area contributed by atoms with Crippen molar-refractivity contribution in [1.29, 1.82) is 0 Å². The van der Waals surface area contributed by atoms with Crippen LogP contribution in [0, 0.1) is 11.7 Å². The van der Waals surface area contributed by atoms with E-state index in [9.17, 15) is 35.5 Å². The van der Waals surface area contributed by atoms with Crippen molar-refractivity contribution in [2.24, 2.45) is 5.92 Å². The van der Waals surface area contributed by atoms with Gasteiger partial charge in [0, 0.05) is 12.1 Å². The molecule has 186 valence electrons. The fraction of sp³-hybridized carbons (Fsp3) is 0.381. The van der Waals surface area contributed by atoms with Gasteiger partial charge in [0.25, 0.3) is 11.9 Å². The molecule has 3 aromatic rings. The number of carbonyl (C=O) groups is 1. The fourth-order valence-electron chi connectivity index (χ4n) is 3.48. The molecule has 2 aromatic heterocycles. The van der Waals surface area contributed by atoms with Crippen molar-refractivity contribution in [2.45, 2.75) is 38.2 Å². The molecule has 0 aliphatic heterocycles. The van der Waals surface area contributed by atoms with E-state index in [0.717, 1.165) is 41.1 Å². The number of alkyl halides is 6. The van der Waals surface area contributed by atoms with Crippen LogP contribution < -0.4 is 0 Å². The van der Waals surface area contributed by atoms with Crippen LogP contribution in [0.15, 0.2) is 36.9 Å². The van der Waals surface area contributed by atoms with E-state index in [0.29, 0.717) is 12.1 Å². The molecule has 0 spiro atoms. The Labute approximate surface area is 193 Å². The van der Waals surface area contributed by atoms with Crippen molar-refractivity contribution in [3.8, 4) is 5.95 Å². The molecule has 1 aromatic carbocycles. The van der Waals surface area contributed by atoms with Crippen LogP contribution in [0.25, 0.3) is 5.95 Å². The topological polar surface area (TPSA) is 76.8 Å². The number of halogens is 7. The molecule has 0 bridgehead atoms. The van der Waals surface area contributed by atoms with E-state index in [1.807, 2.05) is 0 Å². The van der Waals surface area contributed by atoms with Gasteiger partial charge in [-0.2, -0.15) is 36.1 Å². The van der Waals surface area contributed by atoms with Gasteiger partial charge in [-0.05, 0) is 43.9 Å². The van der Waals surface area contributed by atoms with Crippen LogP contribution in [-0.4, -0.2) is 42.1 Å². The molecule has 14 heteroatoms. The van der Waals surface area contributed by atoms with Gasteiger partial charge in [-0.25, -0.2) is 19.3 Å². The molecule has 0 N–H and O–H groups in total. The summed E-state index contributed by atoms with van der Waals surface area (Å²) in [5, 5.41) is 3.96. The maximum atomic E-state index is 13.3. The molecule has 35 heavy (non-hydrogen) atoms. The predicted octanol–water partition coefficient (Wildman–Crippen LogP) is 4.85. The van der Waals surface area contributed by atoms with Crippen molar-refractivity contribution >= 4 is 5.91 Å². The van der Waals surface area contributed by atoms with Crippen molar-refractivity contribution in [1.82, 2.24) is 29.6 Å². The number of benzene rings is 1. The van der Waals surface area contributed by atoms with Crippen LogP contribution in [0.5, 0.6) is 0 Å². The summed E-state index contributed by atoms with van der Waals surface area (Å²) in [4.78, 5) is 26.2. The third kappa shape index (κ3) is 5.41. The number of aromatic nitrogens is 5. The Hall–Kier alpha value is -3.58. The minimum Gasteiger partial charge on any atom is -0.328 e. The van der Waals surface area contributed by atoms with E-state index in [1.54, 1.807) is 0 Å². The number of nitrogens with zero attached hydrogens (tertiary/aromatic N) is 6. The number of hydrogen-bond acceptors (Lipinski definition) is 5. The minimum atomic E-state index is -5.09. The summed E-state index contributed by atoms with van der Waals surface area (Å²) in [6, 6.07) is -0.174. The van der Waals surface area contributed by atoms with E-state index >= 15 is 0 Å². The Kier molecular flexibility index (Phi) is 6.23. The number of amides is 1. The van der Waals surface area contributed by atoms with E-state index in [-0.39, 0.29) is 30.3 Å². The second-order valence-corrected chi connectivity index (χ2v) is 8.10. The van der Waals surface area contributed by atoms with Gasteiger partial charge < -0.3 is 4.90 Å². The average Bonchev–Trinajstić information content (AvgIpc) is 3.48. The van der Waals surface area contributed by atoms with E-state index in [1.165, 1.54) is 6.92 Å². The summed E-state index contributed by atoms with van der Waals surface area (Å²) < 4.78 is 94.2. The molecule has 1 unspecified atom stereocenters. The minimum absolute atomic E-state index is 0.0338. The van der Waals surface area contributed by atoms with Crippen molar-refractivity contribution < 1.29 is 35.5 Å². The summed E-state index contributed by atoms with van der Waals surface area (Å²) >= 11 is 0. The van der Waals surface area contributed by atoms with Crippen LogP contribution in [-0.2, 0) is 12.4 Å². The molecule has 1 aliphatic carbocycles. The zero-order chi connectivity index (χ0) is 25.5. The first kappa shape index (κ1) is 24.5. The molecule has 0 radical (unpaired) electrons. The van der Waals surface area contributed by atoms with E-state index in [2.05, 4.69) is 20.1 Å². The monoisotopic (exact) mass is 502 g/mol. The molecule has 1 saturated carbocycles. The highest BCUT2D eigenvalue weighted by Crippen LogP contribution is 2.38. The van der Waals surface area contributed by atoms with Crippen molar-refractivity contribution in [3.63, 3.8) is 0 Å². The highest BCUT2D eigenvalue weighted by Gasteiger charge is 2.39. The van der Waals surface area contributed by atoms with Gasteiger partial charge in [-0.15, -0.1) is 0 Å². The van der Waals surface area contributed by atoms with E-state index < -0.39 is 46.8 Å². The SMILES string of the molecule is CC(c1ncnn1-c1ncc(F)cn1)N(CC1CC1)C(=O)c1cc(C(F)(F)F)cc(C(F)(F)F)c1. The standard InChI is InChI=1S/C21H17F7N6O/c1-11(17-31-10-32-34(17)19-29-7-16(22)8-30-19)33(9-12-2-3-12)18(35)13-4-14(20(23,24)25)6-15(5-13)21(26,27)28/h4-8,10-12H,2-3,9H2,1H3. The van der Waals surface area contributed by atoms with Gasteiger partial charge >= 0.3 is 12.4 Å². The molecule has 1 aliphatic rings. The van der Waals surface area contributed by atoms with Gasteiger partial charge in [0.1, 0.15) is 6.33 Å². The number of hydrogen-bond donors (Lipinski definition) is 0. The Morgan fingerprint density at radius 2 is 1.60 bits per heavy atom. The van der Waals surface area contributed by atoms with Gasteiger partial charge in [-0.1, -0.05) is 0 Å². The lowest BCUT2D eigenvalue weighted by atomic mass is 10.0. The molecular formula is C21H17F7N6O. The second-order valence-electron chi connectivity index (χ2n) is 8.10. The molecule has 1 fully saturated rings.